The summed E-state index contributed by atoms with van der Waals surface area (Å²) < 4.78 is 25.6. The van der Waals surface area contributed by atoms with Gasteiger partial charge in [-0.1, -0.05) is 30.3 Å². The molecule has 136 valence electrons. The van der Waals surface area contributed by atoms with Gasteiger partial charge in [-0.15, -0.1) is 0 Å². The second-order valence-corrected chi connectivity index (χ2v) is 8.15. The van der Waals surface area contributed by atoms with Crippen molar-refractivity contribution >= 4 is 37.6 Å². The third kappa shape index (κ3) is 2.89. The molecule has 2 heterocycles. The Morgan fingerprint density at radius 3 is 2.52 bits per heavy atom. The predicted octanol–water partition coefficient (Wildman–Crippen LogP) is 2.68. The fourth-order valence-corrected chi connectivity index (χ4v) is 4.52. The summed E-state index contributed by atoms with van der Waals surface area (Å²) in [7, 11) is -3.65. The average Bonchev–Trinajstić information content (AvgIpc) is 3.08. The molecule has 4 aromatic rings. The molecule has 0 aliphatic rings. The summed E-state index contributed by atoms with van der Waals surface area (Å²) in [5.41, 5.74) is 0.562. The van der Waals surface area contributed by atoms with Crippen LogP contribution in [-0.2, 0) is 15.6 Å². The summed E-state index contributed by atoms with van der Waals surface area (Å²) in [4.78, 5) is 29.0. The monoisotopic (exact) mass is 382 g/mol. The Kier molecular flexibility index (Phi) is 3.85. The van der Waals surface area contributed by atoms with E-state index in [1.807, 2.05) is 0 Å². The van der Waals surface area contributed by atoms with E-state index in [2.05, 4.69) is 9.97 Å². The molecule has 0 amide bonds. The van der Waals surface area contributed by atoms with E-state index in [1.165, 1.54) is 24.4 Å². The third-order valence-corrected chi connectivity index (χ3v) is 6.09. The van der Waals surface area contributed by atoms with Gasteiger partial charge in [-0.25, -0.2) is 13.2 Å². The van der Waals surface area contributed by atoms with Crippen LogP contribution in [0.25, 0.3) is 21.8 Å². The molecular formula is C19H14N2O5S. The SMILES string of the molecule is O=C(O)c1c[nH]c2c(=O)[nH]c3ccc(S(=O)(=O)Cc4ccccc4)cc3c12. The molecule has 8 heteroatoms. The summed E-state index contributed by atoms with van der Waals surface area (Å²) in [6.45, 7) is 0. The van der Waals surface area contributed by atoms with Gasteiger partial charge in [-0.2, -0.15) is 0 Å². The molecule has 0 aliphatic heterocycles. The average molecular weight is 382 g/mol. The van der Waals surface area contributed by atoms with Crippen LogP contribution in [0.3, 0.4) is 0 Å². The summed E-state index contributed by atoms with van der Waals surface area (Å²) in [5, 5.41) is 9.95. The highest BCUT2D eigenvalue weighted by Crippen LogP contribution is 2.28. The molecule has 0 saturated carbocycles. The molecule has 2 aromatic carbocycles. The number of fused-ring (bicyclic) bond motifs is 3. The number of H-pyrrole nitrogens is 2. The first-order valence-corrected chi connectivity index (χ1v) is 9.69. The van der Waals surface area contributed by atoms with Gasteiger partial charge in [0.1, 0.15) is 5.52 Å². The van der Waals surface area contributed by atoms with E-state index < -0.39 is 21.4 Å². The van der Waals surface area contributed by atoms with E-state index in [-0.39, 0.29) is 27.1 Å². The van der Waals surface area contributed by atoms with Crippen LogP contribution in [0.2, 0.25) is 0 Å². The van der Waals surface area contributed by atoms with Gasteiger partial charge in [0.05, 0.1) is 16.2 Å². The fourth-order valence-electron chi connectivity index (χ4n) is 3.15. The lowest BCUT2D eigenvalue weighted by molar-refractivity contribution is 0.0699. The number of aromatic amines is 2. The van der Waals surface area contributed by atoms with Crippen molar-refractivity contribution in [1.82, 2.24) is 9.97 Å². The summed E-state index contributed by atoms with van der Waals surface area (Å²) >= 11 is 0. The Balaban J connectivity index is 1.95. The topological polar surface area (TPSA) is 120 Å². The summed E-state index contributed by atoms with van der Waals surface area (Å²) in [6, 6.07) is 13.1. The highest BCUT2D eigenvalue weighted by atomic mass is 32.2. The largest absolute Gasteiger partial charge is 0.478 e. The van der Waals surface area contributed by atoms with E-state index in [9.17, 15) is 23.1 Å². The Bertz CT molecular complexity index is 1350. The van der Waals surface area contributed by atoms with Crippen LogP contribution in [0, 0.1) is 0 Å². The van der Waals surface area contributed by atoms with Crippen molar-refractivity contribution in [2.24, 2.45) is 0 Å². The van der Waals surface area contributed by atoms with Crippen LogP contribution in [0.1, 0.15) is 15.9 Å². The number of sulfone groups is 1. The Labute approximate surface area is 153 Å². The van der Waals surface area contributed by atoms with Crippen molar-refractivity contribution in [2.75, 3.05) is 0 Å². The van der Waals surface area contributed by atoms with Gasteiger partial charge in [0.25, 0.3) is 5.56 Å². The van der Waals surface area contributed by atoms with Crippen molar-refractivity contribution < 1.29 is 18.3 Å². The highest BCUT2D eigenvalue weighted by Gasteiger charge is 2.20. The number of pyridine rings is 1. The Morgan fingerprint density at radius 1 is 1.07 bits per heavy atom. The molecule has 0 aliphatic carbocycles. The van der Waals surface area contributed by atoms with Gasteiger partial charge in [0.2, 0.25) is 0 Å². The molecule has 0 unspecified atom stereocenters. The molecular weight excluding hydrogens is 368 g/mol. The minimum Gasteiger partial charge on any atom is -0.478 e. The van der Waals surface area contributed by atoms with Crippen molar-refractivity contribution in [3.8, 4) is 0 Å². The molecule has 3 N–H and O–H groups in total. The summed E-state index contributed by atoms with van der Waals surface area (Å²) in [5.74, 6) is -1.38. The zero-order valence-corrected chi connectivity index (χ0v) is 14.7. The van der Waals surface area contributed by atoms with E-state index in [1.54, 1.807) is 30.3 Å². The lowest BCUT2D eigenvalue weighted by Crippen LogP contribution is -2.09. The van der Waals surface area contributed by atoms with Gasteiger partial charge in [-0.3, -0.25) is 4.79 Å². The number of aromatic nitrogens is 2. The maximum absolute atomic E-state index is 12.8. The summed E-state index contributed by atoms with van der Waals surface area (Å²) in [6.07, 6.45) is 1.23. The first kappa shape index (κ1) is 17.0. The van der Waals surface area contributed by atoms with Crippen molar-refractivity contribution in [2.45, 2.75) is 10.6 Å². The number of nitrogens with one attached hydrogen (secondary N) is 2. The van der Waals surface area contributed by atoms with E-state index in [0.29, 0.717) is 16.5 Å². The van der Waals surface area contributed by atoms with Crippen LogP contribution < -0.4 is 5.56 Å². The molecule has 0 saturated heterocycles. The number of aromatic carboxylic acids is 1. The molecule has 7 nitrogen and oxygen atoms in total. The Hall–Kier alpha value is -3.39. The maximum Gasteiger partial charge on any atom is 0.337 e. The number of rotatable bonds is 4. The lowest BCUT2D eigenvalue weighted by Gasteiger charge is -2.07. The molecule has 2 aromatic heterocycles. The number of carboxylic acid groups (broad SMARTS) is 1. The second kappa shape index (κ2) is 6.10. The van der Waals surface area contributed by atoms with Crippen LogP contribution in [-0.4, -0.2) is 29.5 Å². The minimum absolute atomic E-state index is 0.0599. The lowest BCUT2D eigenvalue weighted by atomic mass is 10.1. The van der Waals surface area contributed by atoms with Crippen molar-refractivity contribution in [1.29, 1.82) is 0 Å². The van der Waals surface area contributed by atoms with Gasteiger partial charge < -0.3 is 15.1 Å². The van der Waals surface area contributed by atoms with Crippen LogP contribution in [0.4, 0.5) is 0 Å². The minimum atomic E-state index is -3.65. The molecule has 0 fully saturated rings. The van der Waals surface area contributed by atoms with E-state index >= 15 is 0 Å². The first-order chi connectivity index (χ1) is 12.9. The van der Waals surface area contributed by atoms with Crippen molar-refractivity contribution in [3.63, 3.8) is 0 Å². The first-order valence-electron chi connectivity index (χ1n) is 8.04. The molecule has 0 spiro atoms. The molecule has 27 heavy (non-hydrogen) atoms. The number of benzene rings is 2. The normalized spacial score (nSPS) is 11.9. The number of hydrogen-bond acceptors (Lipinski definition) is 4. The second-order valence-electron chi connectivity index (χ2n) is 6.16. The van der Waals surface area contributed by atoms with Crippen molar-refractivity contribution in [3.05, 3.63) is 76.2 Å². The number of carbonyl (C=O) groups is 1. The van der Waals surface area contributed by atoms with E-state index in [4.69, 9.17) is 0 Å². The van der Waals surface area contributed by atoms with Crippen LogP contribution >= 0.6 is 0 Å². The standard InChI is InChI=1S/C19H14N2O5S/c22-18-17-16(14(9-20-17)19(23)24)13-8-12(6-7-15(13)21-18)27(25,26)10-11-4-2-1-3-5-11/h1-9,20H,10H2,(H,21,22)(H,23,24). The number of hydrogen-bond donors (Lipinski definition) is 3. The Morgan fingerprint density at radius 2 is 1.81 bits per heavy atom. The van der Waals surface area contributed by atoms with Crippen LogP contribution in [0.15, 0.2) is 64.4 Å². The van der Waals surface area contributed by atoms with Gasteiger partial charge in [0.15, 0.2) is 9.84 Å². The van der Waals surface area contributed by atoms with Gasteiger partial charge in [-0.05, 0) is 23.8 Å². The third-order valence-electron chi connectivity index (χ3n) is 4.40. The smallest absolute Gasteiger partial charge is 0.337 e. The van der Waals surface area contributed by atoms with E-state index in [0.717, 1.165) is 0 Å². The number of carboxylic acids is 1. The molecule has 4 rings (SSSR count). The fraction of sp³-hybridized carbons (Fsp3) is 0.0526. The van der Waals surface area contributed by atoms with Gasteiger partial charge in [0, 0.05) is 22.5 Å². The molecule has 0 radical (unpaired) electrons. The highest BCUT2D eigenvalue weighted by molar-refractivity contribution is 7.90. The molecule has 0 bridgehead atoms. The zero-order valence-electron chi connectivity index (χ0n) is 13.9. The van der Waals surface area contributed by atoms with Crippen LogP contribution in [0.5, 0.6) is 0 Å². The molecule has 0 atom stereocenters. The maximum atomic E-state index is 12.8. The zero-order chi connectivity index (χ0) is 19.2. The van der Waals surface area contributed by atoms with Gasteiger partial charge >= 0.3 is 5.97 Å². The quantitative estimate of drug-likeness (QED) is 0.501. The predicted molar refractivity (Wildman–Crippen MR) is 101 cm³/mol.